The lowest BCUT2D eigenvalue weighted by molar-refractivity contribution is 0.0954. The van der Waals surface area contributed by atoms with Gasteiger partial charge in [0.25, 0.3) is 11.5 Å². The molecule has 0 aliphatic heterocycles. The van der Waals surface area contributed by atoms with Crippen molar-refractivity contribution in [2.75, 3.05) is 20.1 Å². The molecule has 0 spiro atoms. The van der Waals surface area contributed by atoms with Gasteiger partial charge >= 0.3 is 0 Å². The summed E-state index contributed by atoms with van der Waals surface area (Å²) in [6.07, 6.45) is 0. The highest BCUT2D eigenvalue weighted by Gasteiger charge is 2.11. The first-order chi connectivity index (χ1) is 14.2. The van der Waals surface area contributed by atoms with Crippen molar-refractivity contribution in [2.24, 2.45) is 0 Å². The second-order valence-electron chi connectivity index (χ2n) is 6.44. The van der Waals surface area contributed by atoms with Crippen LogP contribution in [0.15, 0.2) is 59.4 Å². The fourth-order valence-corrected chi connectivity index (χ4v) is 3.17. The van der Waals surface area contributed by atoms with Crippen LogP contribution in [0.4, 0.5) is 0 Å². The molecule has 2 aromatic carbocycles. The van der Waals surface area contributed by atoms with Crippen molar-refractivity contribution in [3.05, 3.63) is 70.5 Å². The molecule has 150 valence electrons. The number of carbonyl (C=O) groups excluding carboxylic acids is 1. The number of H-pyrrole nitrogens is 2. The number of rotatable bonds is 5. The maximum atomic E-state index is 12.5. The lowest BCUT2D eigenvalue weighted by Gasteiger charge is -2.04. The summed E-state index contributed by atoms with van der Waals surface area (Å²) in [5.41, 5.74) is 3.43. The molecule has 0 fully saturated rings. The number of benzene rings is 2. The van der Waals surface area contributed by atoms with E-state index in [1.807, 2.05) is 69.4 Å². The molecule has 0 unspecified atom stereocenters. The number of aromatic nitrogens is 2. The van der Waals surface area contributed by atoms with E-state index in [-0.39, 0.29) is 11.5 Å². The molecular weight excluding hydrogens is 364 g/mol. The van der Waals surface area contributed by atoms with E-state index in [1.54, 1.807) is 6.07 Å². The highest BCUT2D eigenvalue weighted by atomic mass is 16.1. The smallest absolute Gasteiger partial charge is 0.257 e. The van der Waals surface area contributed by atoms with Gasteiger partial charge in [0, 0.05) is 35.1 Å². The molecule has 6 heteroatoms. The second-order valence-corrected chi connectivity index (χ2v) is 6.44. The van der Waals surface area contributed by atoms with Gasteiger partial charge in [-0.3, -0.25) is 9.59 Å². The van der Waals surface area contributed by atoms with Gasteiger partial charge < -0.3 is 20.6 Å². The molecule has 2 aromatic heterocycles. The summed E-state index contributed by atoms with van der Waals surface area (Å²) >= 11 is 0. The van der Waals surface area contributed by atoms with Crippen molar-refractivity contribution in [3.8, 4) is 11.3 Å². The number of para-hydroxylation sites is 1. The molecule has 6 nitrogen and oxygen atoms in total. The lowest BCUT2D eigenvalue weighted by atomic mass is 10.1. The third-order valence-electron chi connectivity index (χ3n) is 4.59. The lowest BCUT2D eigenvalue weighted by Crippen LogP contribution is -2.30. The number of fused-ring (bicyclic) bond motifs is 2. The standard InChI is InChI=1S/C21H20N4O2.C2H6/c1-22-8-9-23-20(26)14-6-7-18-15(10-14)12-19(24-18)16-11-13-4-2-3-5-17(13)25-21(16)27;1-2/h2-7,10-12,22,24H,8-9H2,1H3,(H,23,26)(H,25,27);1-2H3. The topological polar surface area (TPSA) is 89.8 Å². The highest BCUT2D eigenvalue weighted by molar-refractivity contribution is 5.99. The predicted octanol–water partition coefficient (Wildman–Crippen LogP) is 3.65. The van der Waals surface area contributed by atoms with Crippen LogP contribution in [0.25, 0.3) is 33.1 Å². The molecule has 0 saturated carbocycles. The van der Waals surface area contributed by atoms with Crippen LogP contribution in [-0.4, -0.2) is 36.0 Å². The number of pyridine rings is 1. The van der Waals surface area contributed by atoms with Gasteiger partial charge in [0.1, 0.15) is 0 Å². The molecule has 0 bridgehead atoms. The molecule has 2 heterocycles. The first-order valence-electron chi connectivity index (χ1n) is 9.84. The number of hydrogen-bond donors (Lipinski definition) is 4. The van der Waals surface area contributed by atoms with Crippen LogP contribution in [0.2, 0.25) is 0 Å². The molecule has 4 rings (SSSR count). The third-order valence-corrected chi connectivity index (χ3v) is 4.59. The number of likely N-dealkylation sites (N-methyl/N-ethyl adjacent to an activating group) is 1. The minimum atomic E-state index is -0.148. The zero-order valence-electron chi connectivity index (χ0n) is 16.9. The second kappa shape index (κ2) is 9.21. The molecule has 0 radical (unpaired) electrons. The van der Waals surface area contributed by atoms with E-state index < -0.39 is 0 Å². The minimum Gasteiger partial charge on any atom is -0.354 e. The zero-order valence-corrected chi connectivity index (χ0v) is 16.9. The molecule has 0 atom stereocenters. The van der Waals surface area contributed by atoms with Gasteiger partial charge in [-0.1, -0.05) is 32.0 Å². The Morgan fingerprint density at radius 2 is 1.66 bits per heavy atom. The van der Waals surface area contributed by atoms with E-state index in [1.165, 1.54) is 0 Å². The third kappa shape index (κ3) is 4.38. The number of carbonyl (C=O) groups is 1. The predicted molar refractivity (Wildman–Crippen MR) is 119 cm³/mol. The Hall–Kier alpha value is -3.38. The first-order valence-corrected chi connectivity index (χ1v) is 9.84. The fraction of sp³-hybridized carbons (Fsp3) is 0.217. The molecule has 0 aliphatic rings. The summed E-state index contributed by atoms with van der Waals surface area (Å²) in [5.74, 6) is -0.113. The Labute approximate surface area is 169 Å². The monoisotopic (exact) mass is 390 g/mol. The summed E-state index contributed by atoms with van der Waals surface area (Å²) < 4.78 is 0. The van der Waals surface area contributed by atoms with Crippen LogP contribution < -0.4 is 16.2 Å². The largest absolute Gasteiger partial charge is 0.354 e. The van der Waals surface area contributed by atoms with Crippen molar-refractivity contribution in [2.45, 2.75) is 13.8 Å². The van der Waals surface area contributed by atoms with Gasteiger partial charge in [-0.15, -0.1) is 0 Å². The van der Waals surface area contributed by atoms with Crippen LogP contribution in [0.5, 0.6) is 0 Å². The van der Waals surface area contributed by atoms with Crippen molar-refractivity contribution in [1.82, 2.24) is 20.6 Å². The van der Waals surface area contributed by atoms with Crippen LogP contribution in [0.3, 0.4) is 0 Å². The number of aromatic amines is 2. The molecule has 4 aromatic rings. The maximum absolute atomic E-state index is 12.5. The van der Waals surface area contributed by atoms with E-state index in [9.17, 15) is 9.59 Å². The highest BCUT2D eigenvalue weighted by Crippen LogP contribution is 2.24. The first kappa shape index (κ1) is 20.4. The van der Waals surface area contributed by atoms with Gasteiger partial charge in [-0.05, 0) is 48.8 Å². The Balaban J connectivity index is 0.00000117. The molecular formula is C23H26N4O2. The minimum absolute atomic E-state index is 0.113. The van der Waals surface area contributed by atoms with Crippen LogP contribution in [0, 0.1) is 0 Å². The van der Waals surface area contributed by atoms with E-state index in [4.69, 9.17) is 0 Å². The Morgan fingerprint density at radius 1 is 0.897 bits per heavy atom. The SMILES string of the molecule is CC.CNCCNC(=O)c1ccc2[nH]c(-c3cc4ccccc4[nH]c3=O)cc2c1. The van der Waals surface area contributed by atoms with Gasteiger partial charge in [0.15, 0.2) is 0 Å². The zero-order chi connectivity index (χ0) is 20.8. The molecule has 1 amide bonds. The fourth-order valence-electron chi connectivity index (χ4n) is 3.17. The Bertz CT molecular complexity index is 1190. The molecule has 0 saturated heterocycles. The Kier molecular flexibility index (Phi) is 6.46. The van der Waals surface area contributed by atoms with Crippen molar-refractivity contribution in [1.29, 1.82) is 0 Å². The van der Waals surface area contributed by atoms with Gasteiger partial charge in [-0.25, -0.2) is 0 Å². The van der Waals surface area contributed by atoms with Gasteiger partial charge in [0.2, 0.25) is 0 Å². The van der Waals surface area contributed by atoms with Gasteiger partial charge in [0.05, 0.1) is 11.3 Å². The summed E-state index contributed by atoms with van der Waals surface area (Å²) in [4.78, 5) is 30.9. The maximum Gasteiger partial charge on any atom is 0.257 e. The van der Waals surface area contributed by atoms with E-state index >= 15 is 0 Å². The van der Waals surface area contributed by atoms with E-state index in [2.05, 4.69) is 20.6 Å². The van der Waals surface area contributed by atoms with Gasteiger partial charge in [-0.2, -0.15) is 0 Å². The summed E-state index contributed by atoms with van der Waals surface area (Å²) in [6.45, 7) is 5.28. The van der Waals surface area contributed by atoms with Crippen molar-refractivity contribution in [3.63, 3.8) is 0 Å². The number of hydrogen-bond acceptors (Lipinski definition) is 3. The average molecular weight is 390 g/mol. The number of amides is 1. The Morgan fingerprint density at radius 3 is 2.45 bits per heavy atom. The van der Waals surface area contributed by atoms with E-state index in [0.717, 1.165) is 27.5 Å². The normalized spacial score (nSPS) is 10.6. The number of nitrogens with one attached hydrogen (secondary N) is 4. The van der Waals surface area contributed by atoms with Crippen molar-refractivity contribution >= 4 is 27.7 Å². The van der Waals surface area contributed by atoms with Crippen LogP contribution in [0.1, 0.15) is 24.2 Å². The quantitative estimate of drug-likeness (QED) is 0.392. The molecule has 29 heavy (non-hydrogen) atoms. The van der Waals surface area contributed by atoms with E-state index in [0.29, 0.717) is 24.2 Å². The summed E-state index contributed by atoms with van der Waals surface area (Å²) in [6, 6.07) is 16.9. The average Bonchev–Trinajstić information content (AvgIpc) is 3.18. The summed E-state index contributed by atoms with van der Waals surface area (Å²) in [5, 5.41) is 7.71. The van der Waals surface area contributed by atoms with Crippen LogP contribution >= 0.6 is 0 Å². The van der Waals surface area contributed by atoms with Crippen LogP contribution in [-0.2, 0) is 0 Å². The molecule has 4 N–H and O–H groups in total. The van der Waals surface area contributed by atoms with Crippen molar-refractivity contribution < 1.29 is 4.79 Å². The molecule has 0 aliphatic carbocycles. The summed E-state index contributed by atoms with van der Waals surface area (Å²) in [7, 11) is 1.84.